The van der Waals surface area contributed by atoms with Gasteiger partial charge in [-0.15, -0.1) is 0 Å². The molecule has 0 unspecified atom stereocenters. The minimum absolute atomic E-state index is 0.00611. The maximum atomic E-state index is 12.1. The zero-order valence-corrected chi connectivity index (χ0v) is 13.5. The van der Waals surface area contributed by atoms with Crippen molar-refractivity contribution in [3.8, 4) is 0 Å². The Morgan fingerprint density at radius 1 is 0.955 bits per heavy atom. The first-order chi connectivity index (χ1) is 10.5. The molecule has 0 saturated carbocycles. The van der Waals surface area contributed by atoms with Crippen LogP contribution in [0.2, 0.25) is 0 Å². The fraction of sp³-hybridized carbons (Fsp3) is 0.316. The van der Waals surface area contributed by atoms with Crippen molar-refractivity contribution in [3.63, 3.8) is 0 Å². The van der Waals surface area contributed by atoms with Gasteiger partial charge in [0, 0.05) is 24.3 Å². The third kappa shape index (κ3) is 4.62. The highest BCUT2D eigenvalue weighted by Crippen LogP contribution is 2.29. The zero-order valence-electron chi connectivity index (χ0n) is 13.5. The van der Waals surface area contributed by atoms with E-state index in [0.717, 1.165) is 16.9 Å². The lowest BCUT2D eigenvalue weighted by atomic mass is 9.86. The van der Waals surface area contributed by atoms with Gasteiger partial charge < -0.3 is 10.6 Å². The summed E-state index contributed by atoms with van der Waals surface area (Å²) in [6.07, 6.45) is 0.438. The fourth-order valence-electron chi connectivity index (χ4n) is 2.34. The average molecular weight is 296 g/mol. The quantitative estimate of drug-likeness (QED) is 0.857. The molecular formula is C19H24N2O. The van der Waals surface area contributed by atoms with Crippen molar-refractivity contribution in [2.45, 2.75) is 32.6 Å². The van der Waals surface area contributed by atoms with Crippen LogP contribution in [0.15, 0.2) is 54.6 Å². The van der Waals surface area contributed by atoms with Crippen molar-refractivity contribution >= 4 is 17.3 Å². The Hall–Kier alpha value is -2.29. The summed E-state index contributed by atoms with van der Waals surface area (Å²) in [7, 11) is 0. The van der Waals surface area contributed by atoms with E-state index in [1.54, 1.807) is 0 Å². The molecule has 0 saturated heterocycles. The summed E-state index contributed by atoms with van der Waals surface area (Å²) < 4.78 is 0. The highest BCUT2D eigenvalue weighted by Gasteiger charge is 2.18. The molecule has 0 aliphatic heterocycles. The van der Waals surface area contributed by atoms with Crippen LogP contribution >= 0.6 is 0 Å². The van der Waals surface area contributed by atoms with Crippen LogP contribution in [0.5, 0.6) is 0 Å². The van der Waals surface area contributed by atoms with Gasteiger partial charge in [-0.05, 0) is 29.2 Å². The Morgan fingerprint density at radius 3 is 2.27 bits per heavy atom. The van der Waals surface area contributed by atoms with E-state index in [-0.39, 0.29) is 11.3 Å². The normalized spacial score (nSPS) is 11.0. The van der Waals surface area contributed by atoms with E-state index in [0.29, 0.717) is 13.0 Å². The van der Waals surface area contributed by atoms with Gasteiger partial charge >= 0.3 is 0 Å². The van der Waals surface area contributed by atoms with E-state index in [2.05, 4.69) is 37.5 Å². The molecule has 0 spiro atoms. The van der Waals surface area contributed by atoms with Crippen molar-refractivity contribution in [2.75, 3.05) is 17.2 Å². The molecule has 0 radical (unpaired) electrons. The maximum Gasteiger partial charge on any atom is 0.226 e. The van der Waals surface area contributed by atoms with Gasteiger partial charge in [0.05, 0.1) is 0 Å². The number of para-hydroxylation sites is 2. The molecule has 1 amide bonds. The molecule has 0 aliphatic rings. The summed E-state index contributed by atoms with van der Waals surface area (Å²) in [4.78, 5) is 12.1. The first-order valence-electron chi connectivity index (χ1n) is 7.65. The smallest absolute Gasteiger partial charge is 0.226 e. The summed E-state index contributed by atoms with van der Waals surface area (Å²) in [5, 5.41) is 6.27. The summed E-state index contributed by atoms with van der Waals surface area (Å²) in [6.45, 7) is 7.06. The van der Waals surface area contributed by atoms with Crippen LogP contribution in [0.3, 0.4) is 0 Å². The second-order valence-corrected chi connectivity index (χ2v) is 6.39. The Morgan fingerprint density at radius 2 is 1.59 bits per heavy atom. The molecule has 2 N–H and O–H groups in total. The zero-order chi connectivity index (χ0) is 16.0. The van der Waals surface area contributed by atoms with E-state index >= 15 is 0 Å². The predicted octanol–water partition coefficient (Wildman–Crippen LogP) is 4.42. The first-order valence-corrected chi connectivity index (χ1v) is 7.65. The van der Waals surface area contributed by atoms with E-state index < -0.39 is 0 Å². The summed E-state index contributed by atoms with van der Waals surface area (Å²) in [5.41, 5.74) is 3.09. The predicted molar refractivity (Wildman–Crippen MR) is 93.3 cm³/mol. The van der Waals surface area contributed by atoms with Crippen LogP contribution < -0.4 is 10.6 Å². The van der Waals surface area contributed by atoms with Crippen LogP contribution in [0.1, 0.15) is 32.8 Å². The van der Waals surface area contributed by atoms with Gasteiger partial charge in [0.25, 0.3) is 0 Å². The van der Waals surface area contributed by atoms with Gasteiger partial charge in [-0.2, -0.15) is 0 Å². The molecule has 116 valence electrons. The third-order valence-corrected chi connectivity index (χ3v) is 3.46. The third-order valence-electron chi connectivity index (χ3n) is 3.46. The second-order valence-electron chi connectivity index (χ2n) is 6.39. The number of nitrogens with one attached hydrogen (secondary N) is 2. The number of benzene rings is 2. The number of rotatable bonds is 5. The molecule has 3 heteroatoms. The Bertz CT molecular complexity index is 615. The number of hydrogen-bond acceptors (Lipinski definition) is 2. The van der Waals surface area contributed by atoms with Crippen LogP contribution in [0.4, 0.5) is 11.4 Å². The molecule has 0 heterocycles. The molecule has 0 bridgehead atoms. The fourth-order valence-corrected chi connectivity index (χ4v) is 2.34. The Labute approximate surface area is 132 Å². The van der Waals surface area contributed by atoms with E-state index in [1.807, 2.05) is 48.5 Å². The van der Waals surface area contributed by atoms with Crippen molar-refractivity contribution in [3.05, 3.63) is 60.2 Å². The van der Waals surface area contributed by atoms with Crippen LogP contribution in [0.25, 0.3) is 0 Å². The molecule has 0 fully saturated rings. The number of carbonyl (C=O) groups is 1. The van der Waals surface area contributed by atoms with Gasteiger partial charge in [-0.25, -0.2) is 0 Å². The lowest BCUT2D eigenvalue weighted by Crippen LogP contribution is -2.20. The minimum Gasteiger partial charge on any atom is -0.385 e. The van der Waals surface area contributed by atoms with Crippen molar-refractivity contribution in [1.82, 2.24) is 0 Å². The number of anilines is 2. The number of hydrogen-bond donors (Lipinski definition) is 2. The minimum atomic E-state index is 0.00611. The van der Waals surface area contributed by atoms with E-state index in [4.69, 9.17) is 0 Å². The number of carbonyl (C=O) groups excluding carboxylic acids is 1. The van der Waals surface area contributed by atoms with Crippen molar-refractivity contribution < 1.29 is 4.79 Å². The Balaban J connectivity index is 1.90. The monoisotopic (exact) mass is 296 g/mol. The molecular weight excluding hydrogens is 272 g/mol. The van der Waals surface area contributed by atoms with Gasteiger partial charge in [0.2, 0.25) is 5.91 Å². The van der Waals surface area contributed by atoms with E-state index in [1.165, 1.54) is 0 Å². The molecule has 22 heavy (non-hydrogen) atoms. The molecule has 0 aromatic heterocycles. The van der Waals surface area contributed by atoms with Gasteiger partial charge in [-0.1, -0.05) is 57.2 Å². The van der Waals surface area contributed by atoms with Gasteiger partial charge in [0.1, 0.15) is 0 Å². The lowest BCUT2D eigenvalue weighted by Gasteiger charge is -2.23. The second kappa shape index (κ2) is 7.12. The largest absolute Gasteiger partial charge is 0.385 e. The van der Waals surface area contributed by atoms with Crippen LogP contribution in [-0.4, -0.2) is 12.5 Å². The average Bonchev–Trinajstić information content (AvgIpc) is 2.48. The SMILES string of the molecule is CC(C)(C)c1ccccc1NC(=O)CCNc1ccccc1. The Kier molecular flexibility index (Phi) is 5.21. The standard InChI is InChI=1S/C19H24N2O/c1-19(2,3)16-11-7-8-12-17(16)21-18(22)13-14-20-15-9-5-4-6-10-15/h4-12,20H,13-14H2,1-3H3,(H,21,22). The van der Waals surface area contributed by atoms with Crippen molar-refractivity contribution in [2.24, 2.45) is 0 Å². The summed E-state index contributed by atoms with van der Waals surface area (Å²) in [6, 6.07) is 17.9. The lowest BCUT2D eigenvalue weighted by molar-refractivity contribution is -0.115. The molecule has 2 rings (SSSR count). The molecule has 3 nitrogen and oxygen atoms in total. The molecule has 0 atom stereocenters. The summed E-state index contributed by atoms with van der Waals surface area (Å²) >= 11 is 0. The molecule has 2 aromatic rings. The van der Waals surface area contributed by atoms with Crippen LogP contribution in [0, 0.1) is 0 Å². The first kappa shape index (κ1) is 16.1. The highest BCUT2D eigenvalue weighted by molar-refractivity contribution is 5.92. The topological polar surface area (TPSA) is 41.1 Å². The highest BCUT2D eigenvalue weighted by atomic mass is 16.1. The van der Waals surface area contributed by atoms with E-state index in [9.17, 15) is 4.79 Å². The summed E-state index contributed by atoms with van der Waals surface area (Å²) in [5.74, 6) is 0.0279. The maximum absolute atomic E-state index is 12.1. The van der Waals surface area contributed by atoms with Gasteiger partial charge in [0.15, 0.2) is 0 Å². The van der Waals surface area contributed by atoms with Crippen molar-refractivity contribution in [1.29, 1.82) is 0 Å². The molecule has 0 aliphatic carbocycles. The molecule has 2 aromatic carbocycles. The van der Waals surface area contributed by atoms with Gasteiger partial charge in [-0.3, -0.25) is 4.79 Å². The van der Waals surface area contributed by atoms with Crippen LogP contribution in [-0.2, 0) is 10.2 Å². The number of amides is 1.